The summed E-state index contributed by atoms with van der Waals surface area (Å²) in [6, 6.07) is 18.5. The van der Waals surface area contributed by atoms with E-state index in [1.165, 1.54) is 11.8 Å². The van der Waals surface area contributed by atoms with Gasteiger partial charge in [-0.2, -0.15) is 5.10 Å². The minimum Gasteiger partial charge on any atom is -0.462 e. The molecule has 4 aromatic rings. The third-order valence-corrected chi connectivity index (χ3v) is 5.28. The molecule has 0 saturated heterocycles. The number of carbonyl (C=O) groups excluding carboxylic acids is 1. The van der Waals surface area contributed by atoms with Crippen LogP contribution in [0, 0.1) is 0 Å². The number of ether oxygens (including phenoxy) is 1. The minimum absolute atomic E-state index is 0.347. The van der Waals surface area contributed by atoms with Crippen molar-refractivity contribution >= 4 is 29.5 Å². The van der Waals surface area contributed by atoms with Gasteiger partial charge in [0.05, 0.1) is 30.6 Å². The van der Waals surface area contributed by atoms with Gasteiger partial charge in [-0.25, -0.2) is 9.78 Å². The molecule has 5 nitrogen and oxygen atoms in total. The molecule has 30 heavy (non-hydrogen) atoms. The standard InChI is InChI=1S/C24H21N3O2S/c1-2-29-24(28)21-14-25-27(15-21)16-23-26-22(17-30-23)20-10-6-9-19(13-20)12-11-18-7-4-3-5-8-18/h3-15,17H,2,16H2,1H3. The molecule has 2 aromatic carbocycles. The summed E-state index contributed by atoms with van der Waals surface area (Å²) in [6.45, 7) is 2.64. The molecule has 2 aromatic heterocycles. The first-order valence-electron chi connectivity index (χ1n) is 9.69. The average Bonchev–Trinajstić information content (AvgIpc) is 3.44. The van der Waals surface area contributed by atoms with Gasteiger partial charge in [-0.15, -0.1) is 11.3 Å². The highest BCUT2D eigenvalue weighted by molar-refractivity contribution is 7.09. The van der Waals surface area contributed by atoms with E-state index in [9.17, 15) is 4.79 Å². The molecular formula is C24H21N3O2S. The summed E-state index contributed by atoms with van der Waals surface area (Å²) < 4.78 is 6.70. The predicted molar refractivity (Wildman–Crippen MR) is 120 cm³/mol. The lowest BCUT2D eigenvalue weighted by Gasteiger charge is -2.00. The molecule has 0 radical (unpaired) electrons. The maximum absolute atomic E-state index is 11.8. The van der Waals surface area contributed by atoms with Gasteiger partial charge in [0, 0.05) is 17.1 Å². The van der Waals surface area contributed by atoms with E-state index in [0.29, 0.717) is 18.7 Å². The highest BCUT2D eigenvalue weighted by atomic mass is 32.1. The summed E-state index contributed by atoms with van der Waals surface area (Å²) in [6.07, 6.45) is 7.42. The number of carbonyl (C=O) groups is 1. The second-order valence-electron chi connectivity index (χ2n) is 6.64. The van der Waals surface area contributed by atoms with Crippen LogP contribution in [0.3, 0.4) is 0 Å². The van der Waals surface area contributed by atoms with Crippen LogP contribution in [0.4, 0.5) is 0 Å². The number of aromatic nitrogens is 3. The van der Waals surface area contributed by atoms with Crippen LogP contribution in [-0.2, 0) is 11.3 Å². The van der Waals surface area contributed by atoms with Crippen molar-refractivity contribution < 1.29 is 9.53 Å². The second kappa shape index (κ2) is 9.33. The van der Waals surface area contributed by atoms with Gasteiger partial charge in [0.15, 0.2) is 0 Å². The molecule has 0 bridgehead atoms. The molecule has 0 aliphatic carbocycles. The van der Waals surface area contributed by atoms with Gasteiger partial charge in [-0.1, -0.05) is 60.7 Å². The fourth-order valence-corrected chi connectivity index (χ4v) is 3.78. The fraction of sp³-hybridized carbons (Fsp3) is 0.125. The topological polar surface area (TPSA) is 57.0 Å². The van der Waals surface area contributed by atoms with Crippen molar-refractivity contribution in [2.45, 2.75) is 13.5 Å². The Kier molecular flexibility index (Phi) is 6.15. The molecule has 0 aliphatic heterocycles. The fourth-order valence-electron chi connectivity index (χ4n) is 2.98. The van der Waals surface area contributed by atoms with Crippen LogP contribution in [0.5, 0.6) is 0 Å². The van der Waals surface area contributed by atoms with Gasteiger partial charge in [-0.05, 0) is 24.1 Å². The van der Waals surface area contributed by atoms with Gasteiger partial charge >= 0.3 is 5.97 Å². The molecule has 4 rings (SSSR count). The Morgan fingerprint density at radius 1 is 1.10 bits per heavy atom. The lowest BCUT2D eigenvalue weighted by atomic mass is 10.1. The third-order valence-electron chi connectivity index (χ3n) is 4.44. The van der Waals surface area contributed by atoms with Gasteiger partial charge in [0.1, 0.15) is 5.01 Å². The number of hydrogen-bond acceptors (Lipinski definition) is 5. The van der Waals surface area contributed by atoms with E-state index in [0.717, 1.165) is 21.8 Å². The van der Waals surface area contributed by atoms with Crippen molar-refractivity contribution in [3.05, 3.63) is 94.1 Å². The van der Waals surface area contributed by atoms with Crippen LogP contribution in [-0.4, -0.2) is 27.3 Å². The van der Waals surface area contributed by atoms with E-state index in [1.54, 1.807) is 29.1 Å². The average molecular weight is 416 g/mol. The van der Waals surface area contributed by atoms with Crippen LogP contribution in [0.15, 0.2) is 72.4 Å². The molecular weight excluding hydrogens is 394 g/mol. The zero-order valence-electron chi connectivity index (χ0n) is 16.6. The maximum Gasteiger partial charge on any atom is 0.341 e. The molecule has 150 valence electrons. The third kappa shape index (κ3) is 4.90. The first kappa shape index (κ1) is 19.8. The van der Waals surface area contributed by atoms with Crippen LogP contribution in [0.1, 0.15) is 33.4 Å². The first-order chi connectivity index (χ1) is 14.7. The van der Waals surface area contributed by atoms with E-state index in [1.807, 2.05) is 29.6 Å². The molecule has 0 aliphatic rings. The van der Waals surface area contributed by atoms with Crippen LogP contribution < -0.4 is 0 Å². The first-order valence-corrected chi connectivity index (χ1v) is 10.6. The highest BCUT2D eigenvalue weighted by Gasteiger charge is 2.11. The van der Waals surface area contributed by atoms with Gasteiger partial charge in [0.25, 0.3) is 0 Å². The van der Waals surface area contributed by atoms with E-state index < -0.39 is 0 Å². The molecule has 0 atom stereocenters. The number of esters is 1. The summed E-state index contributed by atoms with van der Waals surface area (Å²) in [5, 5.41) is 7.21. The van der Waals surface area contributed by atoms with Crippen molar-refractivity contribution in [2.75, 3.05) is 6.61 Å². The molecule has 0 saturated carbocycles. The monoisotopic (exact) mass is 415 g/mol. The Balaban J connectivity index is 1.46. The van der Waals surface area contributed by atoms with Crippen molar-refractivity contribution in [1.29, 1.82) is 0 Å². The van der Waals surface area contributed by atoms with Gasteiger partial charge < -0.3 is 4.74 Å². The molecule has 0 spiro atoms. The Morgan fingerprint density at radius 2 is 1.90 bits per heavy atom. The Bertz CT molecular complexity index is 1160. The number of rotatable bonds is 7. The van der Waals surface area contributed by atoms with E-state index >= 15 is 0 Å². The van der Waals surface area contributed by atoms with Gasteiger partial charge in [-0.3, -0.25) is 4.68 Å². The van der Waals surface area contributed by atoms with E-state index in [4.69, 9.17) is 9.72 Å². The zero-order chi connectivity index (χ0) is 20.8. The maximum atomic E-state index is 11.8. The normalized spacial score (nSPS) is 11.1. The number of thiazole rings is 1. The smallest absolute Gasteiger partial charge is 0.341 e. The molecule has 6 heteroatoms. The van der Waals surface area contributed by atoms with Crippen molar-refractivity contribution in [1.82, 2.24) is 14.8 Å². The lowest BCUT2D eigenvalue weighted by molar-refractivity contribution is 0.0526. The van der Waals surface area contributed by atoms with E-state index in [-0.39, 0.29) is 5.97 Å². The van der Waals surface area contributed by atoms with Crippen molar-refractivity contribution in [3.8, 4) is 11.3 Å². The molecule has 0 amide bonds. The number of benzene rings is 2. The number of nitrogens with zero attached hydrogens (tertiary/aromatic N) is 3. The minimum atomic E-state index is -0.357. The van der Waals surface area contributed by atoms with Crippen molar-refractivity contribution in [3.63, 3.8) is 0 Å². The molecule has 0 unspecified atom stereocenters. The number of hydrogen-bond donors (Lipinski definition) is 0. The van der Waals surface area contributed by atoms with Crippen LogP contribution >= 0.6 is 11.3 Å². The van der Waals surface area contributed by atoms with Crippen LogP contribution in [0.25, 0.3) is 23.4 Å². The summed E-state index contributed by atoms with van der Waals surface area (Å²) in [5.74, 6) is -0.357. The highest BCUT2D eigenvalue weighted by Crippen LogP contribution is 2.24. The summed E-state index contributed by atoms with van der Waals surface area (Å²) in [7, 11) is 0. The molecule has 2 heterocycles. The zero-order valence-corrected chi connectivity index (χ0v) is 17.4. The Hall–Kier alpha value is -3.51. The van der Waals surface area contributed by atoms with Crippen LogP contribution in [0.2, 0.25) is 0 Å². The molecule has 0 fully saturated rings. The summed E-state index contributed by atoms with van der Waals surface area (Å²) in [5.41, 5.74) is 4.74. The second-order valence-corrected chi connectivity index (χ2v) is 7.59. The lowest BCUT2D eigenvalue weighted by Crippen LogP contribution is -2.04. The Morgan fingerprint density at radius 3 is 2.73 bits per heavy atom. The van der Waals surface area contributed by atoms with Crippen molar-refractivity contribution in [2.24, 2.45) is 0 Å². The predicted octanol–water partition coefficient (Wildman–Crippen LogP) is 5.40. The largest absolute Gasteiger partial charge is 0.462 e. The Labute approximate surface area is 179 Å². The SMILES string of the molecule is CCOC(=O)c1cnn(Cc2nc(-c3cccc(C=Cc4ccccc4)c3)cs2)c1. The quantitative estimate of drug-likeness (QED) is 0.299. The van der Waals surface area contributed by atoms with Gasteiger partial charge in [0.2, 0.25) is 0 Å². The van der Waals surface area contributed by atoms with E-state index in [2.05, 4.69) is 47.6 Å². The summed E-state index contributed by atoms with van der Waals surface area (Å²) in [4.78, 5) is 16.5. The molecule has 0 N–H and O–H groups in total. The summed E-state index contributed by atoms with van der Waals surface area (Å²) >= 11 is 1.58.